The average Bonchev–Trinajstić information content (AvgIpc) is 2.79. The number of amides is 2. The number of nitrogens with two attached hydrogens (primary N) is 1. The molecule has 2 amide bonds. The van der Waals surface area contributed by atoms with Gasteiger partial charge in [0.1, 0.15) is 0 Å². The van der Waals surface area contributed by atoms with E-state index in [2.05, 4.69) is 11.1 Å². The highest BCUT2D eigenvalue weighted by Crippen LogP contribution is 2.31. The van der Waals surface area contributed by atoms with E-state index in [1.807, 2.05) is 43.3 Å². The quantitative estimate of drug-likeness (QED) is 0.723. The Hall–Kier alpha value is -2.49. The molecule has 0 saturated carbocycles. The number of hydrogen-bond acceptors (Lipinski definition) is 1. The number of fused-ring (bicyclic) bond motifs is 3. The average molecular weight is 253 g/mol. The van der Waals surface area contributed by atoms with Gasteiger partial charge in [0.2, 0.25) is 0 Å². The number of aromatic nitrogens is 1. The lowest BCUT2D eigenvalue weighted by Crippen LogP contribution is -2.35. The Morgan fingerprint density at radius 3 is 2.63 bits per heavy atom. The van der Waals surface area contributed by atoms with Crippen molar-refractivity contribution < 1.29 is 4.79 Å². The molecule has 0 spiro atoms. The van der Waals surface area contributed by atoms with Crippen molar-refractivity contribution >= 4 is 33.5 Å². The van der Waals surface area contributed by atoms with Crippen LogP contribution in [0.4, 0.5) is 10.5 Å². The van der Waals surface area contributed by atoms with Crippen LogP contribution in [0.15, 0.2) is 42.5 Å². The third-order valence-corrected chi connectivity index (χ3v) is 3.39. The summed E-state index contributed by atoms with van der Waals surface area (Å²) < 4.78 is 0. The SMILES string of the molecule is CCN(C(N)=O)c1cccc2c1[nH]c1ccccc12. The van der Waals surface area contributed by atoms with Crippen molar-refractivity contribution in [1.82, 2.24) is 4.98 Å². The van der Waals surface area contributed by atoms with Crippen LogP contribution in [-0.2, 0) is 0 Å². The Morgan fingerprint density at radius 1 is 1.16 bits per heavy atom. The number of rotatable bonds is 2. The number of anilines is 1. The maximum atomic E-state index is 11.5. The van der Waals surface area contributed by atoms with Crippen molar-refractivity contribution in [2.24, 2.45) is 5.73 Å². The van der Waals surface area contributed by atoms with Crippen LogP contribution in [0.2, 0.25) is 0 Å². The van der Waals surface area contributed by atoms with Crippen LogP contribution in [0.25, 0.3) is 21.8 Å². The molecule has 0 bridgehead atoms. The number of primary amides is 1. The predicted molar refractivity (Wildman–Crippen MR) is 78.4 cm³/mol. The van der Waals surface area contributed by atoms with Crippen molar-refractivity contribution in [3.63, 3.8) is 0 Å². The molecule has 4 heteroatoms. The van der Waals surface area contributed by atoms with Crippen molar-refractivity contribution in [3.05, 3.63) is 42.5 Å². The van der Waals surface area contributed by atoms with Crippen LogP contribution in [0.1, 0.15) is 6.92 Å². The highest BCUT2D eigenvalue weighted by molar-refractivity contribution is 6.13. The number of urea groups is 1. The minimum Gasteiger partial charge on any atom is -0.353 e. The van der Waals surface area contributed by atoms with Crippen LogP contribution in [0.5, 0.6) is 0 Å². The molecule has 0 fully saturated rings. The molecule has 3 rings (SSSR count). The lowest BCUT2D eigenvalue weighted by Gasteiger charge is -2.18. The standard InChI is InChI=1S/C15H15N3O/c1-2-18(15(16)19)13-9-5-7-11-10-6-3-4-8-12(10)17-14(11)13/h3-9,17H,2H2,1H3,(H2,16,19). The fraction of sp³-hybridized carbons (Fsp3) is 0.133. The van der Waals surface area contributed by atoms with Gasteiger partial charge < -0.3 is 10.7 Å². The minimum atomic E-state index is -0.436. The first-order valence-electron chi connectivity index (χ1n) is 6.28. The highest BCUT2D eigenvalue weighted by atomic mass is 16.2. The molecular formula is C15H15N3O. The van der Waals surface area contributed by atoms with Gasteiger partial charge >= 0.3 is 6.03 Å². The van der Waals surface area contributed by atoms with E-state index in [-0.39, 0.29) is 0 Å². The van der Waals surface area contributed by atoms with Gasteiger partial charge in [-0.25, -0.2) is 4.79 Å². The number of carbonyl (C=O) groups is 1. The molecule has 19 heavy (non-hydrogen) atoms. The Bertz CT molecular complexity index is 760. The smallest absolute Gasteiger partial charge is 0.319 e. The van der Waals surface area contributed by atoms with Crippen LogP contribution in [0.3, 0.4) is 0 Å². The summed E-state index contributed by atoms with van der Waals surface area (Å²) in [5, 5.41) is 2.26. The lowest BCUT2D eigenvalue weighted by atomic mass is 10.1. The van der Waals surface area contributed by atoms with E-state index in [9.17, 15) is 4.79 Å². The Morgan fingerprint density at radius 2 is 1.89 bits per heavy atom. The number of benzene rings is 2. The van der Waals surface area contributed by atoms with Crippen molar-refractivity contribution in [3.8, 4) is 0 Å². The number of H-pyrrole nitrogens is 1. The summed E-state index contributed by atoms with van der Waals surface area (Å²) in [6, 6.07) is 13.6. The van der Waals surface area contributed by atoms with Gasteiger partial charge in [-0.3, -0.25) is 4.90 Å². The van der Waals surface area contributed by atoms with Gasteiger partial charge in [0.25, 0.3) is 0 Å². The van der Waals surface area contributed by atoms with Crippen molar-refractivity contribution in [2.75, 3.05) is 11.4 Å². The zero-order chi connectivity index (χ0) is 13.4. The van der Waals surface area contributed by atoms with Crippen LogP contribution in [-0.4, -0.2) is 17.6 Å². The molecule has 2 aromatic carbocycles. The van der Waals surface area contributed by atoms with Crippen LogP contribution < -0.4 is 10.6 Å². The highest BCUT2D eigenvalue weighted by Gasteiger charge is 2.15. The zero-order valence-electron chi connectivity index (χ0n) is 10.7. The summed E-state index contributed by atoms with van der Waals surface area (Å²) >= 11 is 0. The Labute approximate surface area is 110 Å². The third-order valence-electron chi connectivity index (χ3n) is 3.39. The van der Waals surface area contributed by atoms with E-state index >= 15 is 0 Å². The second-order valence-corrected chi connectivity index (χ2v) is 4.45. The van der Waals surface area contributed by atoms with Gasteiger partial charge in [0.05, 0.1) is 11.2 Å². The molecule has 0 aliphatic heterocycles. The largest absolute Gasteiger partial charge is 0.353 e. The predicted octanol–water partition coefficient (Wildman–Crippen LogP) is 3.23. The molecule has 3 aromatic rings. The second kappa shape index (κ2) is 4.31. The van der Waals surface area contributed by atoms with Crippen LogP contribution >= 0.6 is 0 Å². The molecule has 3 N–H and O–H groups in total. The normalized spacial score (nSPS) is 11.0. The zero-order valence-corrected chi connectivity index (χ0v) is 10.7. The van der Waals surface area contributed by atoms with E-state index in [4.69, 9.17) is 5.73 Å². The number of nitrogens with zero attached hydrogens (tertiary/aromatic N) is 1. The summed E-state index contributed by atoms with van der Waals surface area (Å²) in [5.74, 6) is 0. The van der Waals surface area contributed by atoms with Gasteiger partial charge in [-0.2, -0.15) is 0 Å². The number of hydrogen-bond donors (Lipinski definition) is 2. The topological polar surface area (TPSA) is 62.1 Å². The minimum absolute atomic E-state index is 0.436. The van der Waals surface area contributed by atoms with Gasteiger partial charge in [-0.1, -0.05) is 30.3 Å². The molecule has 1 heterocycles. The first-order chi connectivity index (χ1) is 9.22. The van der Waals surface area contributed by atoms with E-state index < -0.39 is 6.03 Å². The lowest BCUT2D eigenvalue weighted by molar-refractivity contribution is 0.254. The van der Waals surface area contributed by atoms with Gasteiger partial charge in [0, 0.05) is 22.8 Å². The second-order valence-electron chi connectivity index (χ2n) is 4.45. The summed E-state index contributed by atoms with van der Waals surface area (Å²) in [7, 11) is 0. The summed E-state index contributed by atoms with van der Waals surface area (Å²) in [5.41, 5.74) is 8.27. The molecule has 0 aliphatic carbocycles. The maximum absolute atomic E-state index is 11.5. The van der Waals surface area contributed by atoms with E-state index in [0.717, 1.165) is 27.5 Å². The van der Waals surface area contributed by atoms with Crippen molar-refractivity contribution in [2.45, 2.75) is 6.92 Å². The number of para-hydroxylation sites is 2. The summed E-state index contributed by atoms with van der Waals surface area (Å²) in [4.78, 5) is 16.5. The van der Waals surface area contributed by atoms with E-state index in [0.29, 0.717) is 6.54 Å². The maximum Gasteiger partial charge on any atom is 0.319 e. The Kier molecular flexibility index (Phi) is 2.63. The molecule has 0 saturated heterocycles. The van der Waals surface area contributed by atoms with Crippen LogP contribution in [0, 0.1) is 0 Å². The third kappa shape index (κ3) is 1.73. The molecule has 4 nitrogen and oxygen atoms in total. The van der Waals surface area contributed by atoms with Gasteiger partial charge in [-0.05, 0) is 19.1 Å². The Balaban J connectivity index is 2.34. The first-order valence-corrected chi connectivity index (χ1v) is 6.28. The van der Waals surface area contributed by atoms with Gasteiger partial charge in [0.15, 0.2) is 0 Å². The first kappa shape index (κ1) is 11.6. The fourth-order valence-corrected chi connectivity index (χ4v) is 2.53. The molecule has 96 valence electrons. The van der Waals surface area contributed by atoms with E-state index in [1.54, 1.807) is 4.90 Å². The van der Waals surface area contributed by atoms with Gasteiger partial charge in [-0.15, -0.1) is 0 Å². The summed E-state index contributed by atoms with van der Waals surface area (Å²) in [6.07, 6.45) is 0. The molecular weight excluding hydrogens is 238 g/mol. The molecule has 0 radical (unpaired) electrons. The molecule has 0 atom stereocenters. The number of carbonyl (C=O) groups excluding carboxylic acids is 1. The summed E-state index contributed by atoms with van der Waals surface area (Å²) in [6.45, 7) is 2.45. The monoisotopic (exact) mass is 253 g/mol. The number of aromatic amines is 1. The fourth-order valence-electron chi connectivity index (χ4n) is 2.53. The molecule has 0 unspecified atom stereocenters. The number of nitrogens with one attached hydrogen (secondary N) is 1. The van der Waals surface area contributed by atoms with E-state index in [1.165, 1.54) is 0 Å². The molecule has 1 aromatic heterocycles. The molecule has 0 aliphatic rings. The van der Waals surface area contributed by atoms with Crippen molar-refractivity contribution in [1.29, 1.82) is 0 Å².